The number of carbonyl (C=O) groups excluding carboxylic acids is 2. The molecule has 1 amide bonds. The van der Waals surface area contributed by atoms with Crippen LogP contribution in [0.5, 0.6) is 0 Å². The molecule has 0 spiro atoms. The molecule has 69 heavy (non-hydrogen) atoms. The molecule has 0 aliphatic carbocycles. The Morgan fingerprint density at radius 1 is 0.391 bits per heavy atom. The average molecular weight is 971 g/mol. The van der Waals surface area contributed by atoms with Gasteiger partial charge in [-0.1, -0.05) is 275 Å². The van der Waals surface area contributed by atoms with E-state index in [1.54, 1.807) is 6.08 Å². The smallest absolute Gasteiger partial charge is 0.305 e. The number of esters is 1. The Labute approximate surface area is 430 Å². The van der Waals surface area contributed by atoms with E-state index in [0.29, 0.717) is 19.4 Å². The maximum absolute atomic E-state index is 12.4. The third-order valence-electron chi connectivity index (χ3n) is 14.1. The summed E-state index contributed by atoms with van der Waals surface area (Å²) in [5, 5.41) is 23.1. The average Bonchev–Trinajstić information content (AvgIpc) is 3.35. The highest BCUT2D eigenvalue weighted by Crippen LogP contribution is 2.17. The van der Waals surface area contributed by atoms with E-state index in [1.807, 2.05) is 6.08 Å². The van der Waals surface area contributed by atoms with Crippen LogP contribution in [0.1, 0.15) is 328 Å². The molecule has 0 saturated heterocycles. The van der Waals surface area contributed by atoms with Crippen LogP contribution in [0, 0.1) is 0 Å². The molecule has 0 aliphatic rings. The van der Waals surface area contributed by atoms with E-state index >= 15 is 0 Å². The van der Waals surface area contributed by atoms with Crippen LogP contribution in [-0.4, -0.2) is 47.4 Å². The molecule has 0 aromatic carbocycles. The molecule has 0 rings (SSSR count). The number of amides is 1. The maximum Gasteiger partial charge on any atom is 0.305 e. The van der Waals surface area contributed by atoms with Crippen molar-refractivity contribution >= 4 is 11.9 Å². The van der Waals surface area contributed by atoms with Gasteiger partial charge >= 0.3 is 5.97 Å². The zero-order valence-electron chi connectivity index (χ0n) is 46.3. The number of rotatable bonds is 57. The number of unbranched alkanes of at least 4 members (excludes halogenated alkanes) is 42. The Morgan fingerprint density at radius 3 is 1.07 bits per heavy atom. The molecule has 2 atom stereocenters. The highest BCUT2D eigenvalue weighted by atomic mass is 16.5. The van der Waals surface area contributed by atoms with Crippen LogP contribution in [0.15, 0.2) is 36.5 Å². The fraction of sp³-hybridized carbons (Fsp3) is 0.873. The molecule has 0 aliphatic heterocycles. The lowest BCUT2D eigenvalue weighted by molar-refractivity contribution is -0.143. The van der Waals surface area contributed by atoms with E-state index in [9.17, 15) is 19.8 Å². The molecule has 406 valence electrons. The summed E-state index contributed by atoms with van der Waals surface area (Å²) in [6.07, 6.45) is 73.4. The molecule has 0 aromatic heterocycles. The lowest BCUT2D eigenvalue weighted by Gasteiger charge is -2.20. The predicted octanol–water partition coefficient (Wildman–Crippen LogP) is 19.2. The molecular formula is C63H119NO5. The van der Waals surface area contributed by atoms with E-state index in [4.69, 9.17) is 4.74 Å². The van der Waals surface area contributed by atoms with E-state index in [0.717, 1.165) is 44.9 Å². The molecular weight excluding hydrogens is 851 g/mol. The van der Waals surface area contributed by atoms with E-state index in [1.165, 1.54) is 257 Å². The summed E-state index contributed by atoms with van der Waals surface area (Å²) in [4.78, 5) is 24.4. The Morgan fingerprint density at radius 2 is 0.696 bits per heavy atom. The number of nitrogens with one attached hydrogen (secondary N) is 1. The van der Waals surface area contributed by atoms with Crippen molar-refractivity contribution in [3.63, 3.8) is 0 Å². The fourth-order valence-corrected chi connectivity index (χ4v) is 9.38. The first-order chi connectivity index (χ1) is 34.0. The zero-order chi connectivity index (χ0) is 50.0. The Balaban J connectivity index is 3.39. The van der Waals surface area contributed by atoms with Crippen molar-refractivity contribution in [1.82, 2.24) is 5.32 Å². The van der Waals surface area contributed by atoms with Crippen molar-refractivity contribution < 1.29 is 24.5 Å². The van der Waals surface area contributed by atoms with Gasteiger partial charge in [0.25, 0.3) is 0 Å². The normalized spacial score (nSPS) is 12.8. The lowest BCUT2D eigenvalue weighted by atomic mass is 10.0. The van der Waals surface area contributed by atoms with Gasteiger partial charge in [0.15, 0.2) is 0 Å². The van der Waals surface area contributed by atoms with Crippen molar-refractivity contribution in [3.05, 3.63) is 36.5 Å². The van der Waals surface area contributed by atoms with Gasteiger partial charge in [0, 0.05) is 12.8 Å². The summed E-state index contributed by atoms with van der Waals surface area (Å²) in [5.41, 5.74) is 0. The molecule has 2 unspecified atom stereocenters. The molecule has 0 saturated carbocycles. The minimum absolute atomic E-state index is 0.00412. The van der Waals surface area contributed by atoms with Gasteiger partial charge < -0.3 is 20.3 Å². The van der Waals surface area contributed by atoms with Crippen molar-refractivity contribution in [2.75, 3.05) is 13.2 Å². The van der Waals surface area contributed by atoms with Crippen LogP contribution >= 0.6 is 0 Å². The number of ether oxygens (including phenoxy) is 1. The molecule has 3 N–H and O–H groups in total. The van der Waals surface area contributed by atoms with E-state index in [2.05, 4.69) is 43.5 Å². The van der Waals surface area contributed by atoms with Crippen LogP contribution < -0.4 is 5.32 Å². The SMILES string of the molecule is CCCC/C=C\CCCCCCCC(=O)OCCCCCCCCCCCCCC/C=C\CCCCCCCCCCCCCCC(=O)NC(CO)C(O)/C=C/CCCCCCCCCCCCC. The molecule has 0 bridgehead atoms. The number of carbonyl (C=O) groups is 2. The molecule has 6 heteroatoms. The summed E-state index contributed by atoms with van der Waals surface area (Å²) in [6, 6.07) is -0.627. The fourth-order valence-electron chi connectivity index (χ4n) is 9.38. The molecule has 0 fully saturated rings. The zero-order valence-corrected chi connectivity index (χ0v) is 46.3. The number of hydrogen-bond acceptors (Lipinski definition) is 5. The topological polar surface area (TPSA) is 95.9 Å². The van der Waals surface area contributed by atoms with Gasteiger partial charge in [-0.3, -0.25) is 9.59 Å². The third kappa shape index (κ3) is 55.2. The Kier molecular flexibility index (Phi) is 57.0. The van der Waals surface area contributed by atoms with Gasteiger partial charge in [-0.2, -0.15) is 0 Å². The number of aliphatic hydroxyl groups excluding tert-OH is 2. The van der Waals surface area contributed by atoms with Crippen molar-refractivity contribution in [2.45, 2.75) is 341 Å². The Hall–Kier alpha value is -1.92. The van der Waals surface area contributed by atoms with Crippen LogP contribution in [0.3, 0.4) is 0 Å². The van der Waals surface area contributed by atoms with Gasteiger partial charge in [0.1, 0.15) is 0 Å². The van der Waals surface area contributed by atoms with Crippen molar-refractivity contribution in [3.8, 4) is 0 Å². The second-order valence-electron chi connectivity index (χ2n) is 21.0. The first kappa shape index (κ1) is 67.1. The van der Waals surface area contributed by atoms with Gasteiger partial charge in [-0.15, -0.1) is 0 Å². The minimum Gasteiger partial charge on any atom is -0.466 e. The monoisotopic (exact) mass is 970 g/mol. The van der Waals surface area contributed by atoms with Gasteiger partial charge in [-0.25, -0.2) is 0 Å². The lowest BCUT2D eigenvalue weighted by Crippen LogP contribution is -2.45. The minimum atomic E-state index is -0.843. The summed E-state index contributed by atoms with van der Waals surface area (Å²) in [7, 11) is 0. The van der Waals surface area contributed by atoms with Crippen LogP contribution in [0.25, 0.3) is 0 Å². The highest BCUT2D eigenvalue weighted by molar-refractivity contribution is 5.76. The van der Waals surface area contributed by atoms with Crippen LogP contribution in [0.2, 0.25) is 0 Å². The van der Waals surface area contributed by atoms with Crippen molar-refractivity contribution in [2.24, 2.45) is 0 Å². The number of hydrogen-bond donors (Lipinski definition) is 3. The second kappa shape index (κ2) is 58.6. The van der Waals surface area contributed by atoms with Crippen LogP contribution in [-0.2, 0) is 14.3 Å². The van der Waals surface area contributed by atoms with Gasteiger partial charge in [-0.05, 0) is 77.0 Å². The summed E-state index contributed by atoms with van der Waals surface area (Å²) < 4.78 is 5.46. The second-order valence-corrected chi connectivity index (χ2v) is 21.0. The highest BCUT2D eigenvalue weighted by Gasteiger charge is 2.18. The quantitative estimate of drug-likeness (QED) is 0.0321. The third-order valence-corrected chi connectivity index (χ3v) is 14.1. The maximum atomic E-state index is 12.4. The number of aliphatic hydroxyl groups is 2. The van der Waals surface area contributed by atoms with Crippen molar-refractivity contribution in [1.29, 1.82) is 0 Å². The molecule has 0 radical (unpaired) electrons. The largest absolute Gasteiger partial charge is 0.466 e. The van der Waals surface area contributed by atoms with E-state index < -0.39 is 12.1 Å². The molecule has 6 nitrogen and oxygen atoms in total. The van der Waals surface area contributed by atoms with E-state index in [-0.39, 0.29) is 18.5 Å². The van der Waals surface area contributed by atoms with Gasteiger partial charge in [0.05, 0.1) is 25.4 Å². The standard InChI is InChI=1S/C63H119NO5/c1-3-5-7-9-11-13-15-32-36-39-43-47-51-55-61(66)60(59-65)64-62(67)56-52-48-44-40-37-33-30-28-26-24-22-20-18-16-17-19-21-23-25-27-29-31-34-38-42-46-50-54-58-69-63(68)57-53-49-45-41-35-14-12-10-8-6-4-2/h10,12,16-17,51,55,60-61,65-66H,3-9,11,13-15,18-50,52-54,56-59H2,1-2H3,(H,64,67)/b12-10-,17-16-,55-51+. The summed E-state index contributed by atoms with van der Waals surface area (Å²) in [6.45, 7) is 4.87. The summed E-state index contributed by atoms with van der Waals surface area (Å²) >= 11 is 0. The first-order valence-electron chi connectivity index (χ1n) is 30.8. The first-order valence-corrected chi connectivity index (χ1v) is 30.8. The molecule has 0 heterocycles. The Bertz CT molecular complexity index is 1120. The number of allylic oxidation sites excluding steroid dienone is 5. The summed E-state index contributed by atoms with van der Waals surface area (Å²) in [5.74, 6) is -0.0635. The van der Waals surface area contributed by atoms with Gasteiger partial charge in [0.2, 0.25) is 5.91 Å². The predicted molar refractivity (Wildman–Crippen MR) is 301 cm³/mol. The van der Waals surface area contributed by atoms with Crippen LogP contribution in [0.4, 0.5) is 0 Å². The molecule has 0 aromatic rings.